The second kappa shape index (κ2) is 9.61. The average molecular weight is 436 g/mol. The number of hydrogen-bond donors (Lipinski definition) is 2. The highest BCUT2D eigenvalue weighted by Gasteiger charge is 2.19. The van der Waals surface area contributed by atoms with E-state index in [1.165, 1.54) is 23.7 Å². The van der Waals surface area contributed by atoms with Crippen LogP contribution in [0.4, 0.5) is 10.2 Å². The van der Waals surface area contributed by atoms with Crippen molar-refractivity contribution in [1.82, 2.24) is 20.3 Å². The van der Waals surface area contributed by atoms with E-state index in [1.54, 1.807) is 24.5 Å². The summed E-state index contributed by atoms with van der Waals surface area (Å²) in [5.74, 6) is 0.326. The molecule has 0 atom stereocenters. The van der Waals surface area contributed by atoms with Gasteiger partial charge in [0.05, 0.1) is 10.3 Å². The number of benzene rings is 1. The maximum Gasteiger partial charge on any atom is 0.261 e. The molecule has 1 aromatic carbocycles. The minimum atomic E-state index is -0.213. The Hall–Kier alpha value is -3.39. The predicted octanol–water partition coefficient (Wildman–Crippen LogP) is 4.16. The Morgan fingerprint density at radius 1 is 1.06 bits per heavy atom. The molecule has 0 fully saturated rings. The molecule has 8 heteroatoms. The summed E-state index contributed by atoms with van der Waals surface area (Å²) in [6, 6.07) is 10.6. The van der Waals surface area contributed by atoms with E-state index >= 15 is 0 Å². The van der Waals surface area contributed by atoms with Crippen molar-refractivity contribution in [2.75, 3.05) is 18.4 Å². The van der Waals surface area contributed by atoms with Crippen LogP contribution in [-0.2, 0) is 12.8 Å². The van der Waals surface area contributed by atoms with E-state index in [1.807, 2.05) is 25.1 Å². The highest BCUT2D eigenvalue weighted by Crippen LogP contribution is 2.33. The summed E-state index contributed by atoms with van der Waals surface area (Å²) in [6.07, 6.45) is 6.23. The normalized spacial score (nSPS) is 10.9. The molecule has 0 aliphatic rings. The summed E-state index contributed by atoms with van der Waals surface area (Å²) in [4.78, 5) is 26.8. The number of pyridine rings is 1. The van der Waals surface area contributed by atoms with Gasteiger partial charge in [0.25, 0.3) is 5.91 Å². The zero-order chi connectivity index (χ0) is 21.6. The molecule has 3 aromatic heterocycles. The van der Waals surface area contributed by atoms with E-state index in [2.05, 4.69) is 25.6 Å². The first-order chi connectivity index (χ1) is 15.1. The van der Waals surface area contributed by atoms with Crippen molar-refractivity contribution < 1.29 is 9.18 Å². The fraction of sp³-hybridized carbons (Fsp3) is 0.217. The van der Waals surface area contributed by atoms with Crippen LogP contribution in [0.1, 0.15) is 26.4 Å². The van der Waals surface area contributed by atoms with Gasteiger partial charge in [-0.25, -0.2) is 14.4 Å². The first-order valence-electron chi connectivity index (χ1n) is 10.0. The van der Waals surface area contributed by atoms with Crippen molar-refractivity contribution in [2.24, 2.45) is 0 Å². The Kier molecular flexibility index (Phi) is 6.47. The van der Waals surface area contributed by atoms with Crippen molar-refractivity contribution in [3.05, 3.63) is 82.5 Å². The molecule has 0 spiro atoms. The van der Waals surface area contributed by atoms with Crippen molar-refractivity contribution in [3.63, 3.8) is 0 Å². The first-order valence-corrected chi connectivity index (χ1v) is 10.8. The van der Waals surface area contributed by atoms with Gasteiger partial charge in [0.15, 0.2) is 0 Å². The van der Waals surface area contributed by atoms with Crippen LogP contribution in [0.5, 0.6) is 0 Å². The van der Waals surface area contributed by atoms with Crippen LogP contribution in [0, 0.1) is 12.7 Å². The predicted molar refractivity (Wildman–Crippen MR) is 121 cm³/mol. The largest absolute Gasteiger partial charge is 0.369 e. The third-order valence-corrected chi connectivity index (χ3v) is 6.22. The van der Waals surface area contributed by atoms with Gasteiger partial charge in [0, 0.05) is 25.5 Å². The number of thiophene rings is 1. The quantitative estimate of drug-likeness (QED) is 0.434. The number of fused-ring (bicyclic) bond motifs is 1. The van der Waals surface area contributed by atoms with Crippen molar-refractivity contribution in [1.29, 1.82) is 0 Å². The van der Waals surface area contributed by atoms with Crippen LogP contribution in [0.3, 0.4) is 0 Å². The fourth-order valence-electron chi connectivity index (χ4n) is 3.39. The molecular formula is C23H22FN5OS. The molecule has 4 rings (SSSR count). The Morgan fingerprint density at radius 2 is 1.87 bits per heavy atom. The minimum absolute atomic E-state index is 0.119. The van der Waals surface area contributed by atoms with Crippen LogP contribution in [0.25, 0.3) is 10.2 Å². The lowest BCUT2D eigenvalue weighted by Gasteiger charge is -2.08. The van der Waals surface area contributed by atoms with Gasteiger partial charge in [-0.1, -0.05) is 18.2 Å². The molecular weight excluding hydrogens is 413 g/mol. The number of amides is 1. The van der Waals surface area contributed by atoms with Crippen LogP contribution >= 0.6 is 11.3 Å². The van der Waals surface area contributed by atoms with Crippen molar-refractivity contribution in [2.45, 2.75) is 19.8 Å². The summed E-state index contributed by atoms with van der Waals surface area (Å²) in [5.41, 5.74) is 2.61. The molecule has 158 valence electrons. The molecule has 0 unspecified atom stereocenters. The minimum Gasteiger partial charge on any atom is -0.369 e. The van der Waals surface area contributed by atoms with Crippen LogP contribution in [0.2, 0.25) is 0 Å². The van der Waals surface area contributed by atoms with Gasteiger partial charge >= 0.3 is 0 Å². The van der Waals surface area contributed by atoms with Crippen molar-refractivity contribution in [3.8, 4) is 0 Å². The van der Waals surface area contributed by atoms with Crippen LogP contribution in [0.15, 0.2) is 55.1 Å². The summed E-state index contributed by atoms with van der Waals surface area (Å²) >= 11 is 1.35. The van der Waals surface area contributed by atoms with Gasteiger partial charge < -0.3 is 10.6 Å². The number of hydrogen-bond acceptors (Lipinski definition) is 6. The number of nitrogens with one attached hydrogen (secondary N) is 2. The zero-order valence-corrected chi connectivity index (χ0v) is 17.9. The molecule has 31 heavy (non-hydrogen) atoms. The highest BCUT2D eigenvalue weighted by atomic mass is 32.1. The zero-order valence-electron chi connectivity index (χ0n) is 17.1. The maximum atomic E-state index is 13.8. The highest BCUT2D eigenvalue weighted by molar-refractivity contribution is 7.20. The summed E-state index contributed by atoms with van der Waals surface area (Å²) in [5, 5.41) is 7.09. The Balaban J connectivity index is 1.44. The maximum absolute atomic E-state index is 13.8. The number of carbonyl (C=O) groups excluding carboxylic acids is 1. The fourth-order valence-corrected chi connectivity index (χ4v) is 4.45. The summed E-state index contributed by atoms with van der Waals surface area (Å²) in [6.45, 7) is 2.97. The van der Waals surface area contributed by atoms with E-state index in [-0.39, 0.29) is 11.7 Å². The smallest absolute Gasteiger partial charge is 0.261 e. The number of carbonyl (C=O) groups is 1. The van der Waals surface area contributed by atoms with E-state index < -0.39 is 0 Å². The van der Waals surface area contributed by atoms with Gasteiger partial charge in [-0.2, -0.15) is 0 Å². The number of aromatic nitrogens is 3. The lowest BCUT2D eigenvalue weighted by atomic mass is 10.1. The molecule has 3 heterocycles. The molecule has 0 bridgehead atoms. The topological polar surface area (TPSA) is 79.8 Å². The number of halogens is 1. The number of aryl methyl sites for hydroxylation is 1. The molecule has 4 aromatic rings. The second-order valence-electron chi connectivity index (χ2n) is 7.09. The van der Waals surface area contributed by atoms with Gasteiger partial charge in [-0.05, 0) is 54.7 Å². The van der Waals surface area contributed by atoms with Gasteiger partial charge in [0.2, 0.25) is 0 Å². The van der Waals surface area contributed by atoms with E-state index in [0.717, 1.165) is 27.8 Å². The monoisotopic (exact) mass is 435 g/mol. The Labute approximate surface area is 183 Å². The summed E-state index contributed by atoms with van der Waals surface area (Å²) < 4.78 is 13.8. The molecule has 0 saturated carbocycles. The van der Waals surface area contributed by atoms with E-state index in [9.17, 15) is 9.18 Å². The second-order valence-corrected chi connectivity index (χ2v) is 8.09. The van der Waals surface area contributed by atoms with Crippen LogP contribution in [-0.4, -0.2) is 33.9 Å². The Bertz CT molecular complexity index is 1200. The lowest BCUT2D eigenvalue weighted by Crippen LogP contribution is -2.25. The molecule has 0 aliphatic heterocycles. The number of anilines is 1. The molecule has 0 aliphatic carbocycles. The average Bonchev–Trinajstić information content (AvgIpc) is 3.13. The lowest BCUT2D eigenvalue weighted by molar-refractivity contribution is 0.0957. The van der Waals surface area contributed by atoms with Gasteiger partial charge in [-0.15, -0.1) is 11.3 Å². The molecule has 2 N–H and O–H groups in total. The van der Waals surface area contributed by atoms with Crippen LogP contribution < -0.4 is 10.6 Å². The molecule has 0 saturated heterocycles. The van der Waals surface area contributed by atoms with Crippen molar-refractivity contribution >= 4 is 33.3 Å². The van der Waals surface area contributed by atoms with Gasteiger partial charge in [0.1, 0.15) is 22.8 Å². The third kappa shape index (κ3) is 4.86. The van der Waals surface area contributed by atoms with E-state index in [4.69, 9.17) is 0 Å². The standard InChI is InChI=1S/C23H22FN5OS/c1-15-19-21(26-13-9-17-4-2-3-5-18(17)24)28-14-29-23(19)31-20(15)22(30)27-12-8-16-6-10-25-11-7-16/h2-7,10-11,14H,8-9,12-13H2,1H3,(H,27,30)(H,26,28,29). The number of nitrogens with zero attached hydrogens (tertiary/aromatic N) is 3. The first kappa shape index (κ1) is 20.9. The molecule has 0 radical (unpaired) electrons. The van der Waals surface area contributed by atoms with E-state index in [0.29, 0.717) is 35.8 Å². The SMILES string of the molecule is Cc1c(C(=O)NCCc2ccncc2)sc2ncnc(NCCc3ccccc3F)c12. The summed E-state index contributed by atoms with van der Waals surface area (Å²) in [7, 11) is 0. The molecule has 6 nitrogen and oxygen atoms in total. The molecule has 1 amide bonds. The number of rotatable bonds is 8. The Morgan fingerprint density at radius 3 is 2.68 bits per heavy atom. The van der Waals surface area contributed by atoms with Gasteiger partial charge in [-0.3, -0.25) is 9.78 Å². The third-order valence-electron chi connectivity index (χ3n) is 5.03.